The number of hydrogen-bond donors (Lipinski definition) is 2. The van der Waals surface area contributed by atoms with E-state index in [2.05, 4.69) is 15.3 Å². The normalized spacial score (nSPS) is 9.97. The number of hydrogen-bond acceptors (Lipinski definition) is 9. The van der Waals surface area contributed by atoms with Crippen molar-refractivity contribution in [1.29, 1.82) is 0 Å². The molecule has 9 nitrogen and oxygen atoms in total. The number of halogens is 2. The molecular weight excluding hydrogens is 495 g/mol. The van der Waals surface area contributed by atoms with Crippen LogP contribution in [0.25, 0.3) is 0 Å². The monoisotopic (exact) mass is 520 g/mol. The zero-order valence-electron chi connectivity index (χ0n) is 19.5. The summed E-state index contributed by atoms with van der Waals surface area (Å²) in [5.74, 6) is -0.115. The lowest BCUT2D eigenvalue weighted by molar-refractivity contribution is 0.0517. The van der Waals surface area contributed by atoms with E-state index in [1.165, 1.54) is 18.5 Å². The first-order chi connectivity index (χ1) is 16.8. The van der Waals surface area contributed by atoms with Gasteiger partial charge in [0.15, 0.2) is 0 Å². The van der Waals surface area contributed by atoms with Crippen LogP contribution >= 0.6 is 23.2 Å². The van der Waals surface area contributed by atoms with Crippen LogP contribution in [0.5, 0.6) is 5.75 Å². The van der Waals surface area contributed by atoms with Crippen molar-refractivity contribution in [3.05, 3.63) is 75.8 Å². The number of methoxy groups -OCH3 is 1. The molecule has 0 bridgehead atoms. The summed E-state index contributed by atoms with van der Waals surface area (Å²) in [6.07, 6.45) is 2.71. The second-order valence-corrected chi connectivity index (χ2v) is 7.56. The number of carbonyl (C=O) groups is 2. The van der Waals surface area contributed by atoms with Crippen LogP contribution in [0.3, 0.4) is 0 Å². The second kappa shape index (κ2) is 14.0. The van der Waals surface area contributed by atoms with E-state index in [1.807, 2.05) is 24.3 Å². The third-order valence-corrected chi connectivity index (χ3v) is 4.82. The van der Waals surface area contributed by atoms with Gasteiger partial charge in [-0.2, -0.15) is 0 Å². The summed E-state index contributed by atoms with van der Waals surface area (Å²) in [5, 5.41) is 3.75. The van der Waals surface area contributed by atoms with Gasteiger partial charge in [0.05, 0.1) is 31.7 Å². The largest absolute Gasteiger partial charge is 0.497 e. The van der Waals surface area contributed by atoms with Crippen LogP contribution in [-0.4, -0.2) is 42.2 Å². The Morgan fingerprint density at radius 2 is 1.46 bits per heavy atom. The number of nitrogens with zero attached hydrogens (tertiary/aromatic N) is 2. The first-order valence-electron chi connectivity index (χ1n) is 10.6. The van der Waals surface area contributed by atoms with Gasteiger partial charge in [0.2, 0.25) is 0 Å². The molecule has 0 saturated heterocycles. The molecule has 0 radical (unpaired) electrons. The molecule has 1 aromatic carbocycles. The van der Waals surface area contributed by atoms with Crippen molar-refractivity contribution in [2.75, 3.05) is 31.4 Å². The number of pyridine rings is 2. The minimum Gasteiger partial charge on any atom is -0.497 e. The Kier molecular flexibility index (Phi) is 11.1. The number of anilines is 2. The number of rotatable bonds is 8. The molecule has 0 atom stereocenters. The van der Waals surface area contributed by atoms with Crippen molar-refractivity contribution in [3.63, 3.8) is 0 Å². The molecule has 0 saturated carbocycles. The average molecular weight is 521 g/mol. The predicted molar refractivity (Wildman–Crippen MR) is 135 cm³/mol. The molecule has 0 aliphatic rings. The fourth-order valence-corrected chi connectivity index (χ4v) is 3.04. The Balaban J connectivity index is 0.000000283. The van der Waals surface area contributed by atoms with Crippen LogP contribution in [-0.2, 0) is 16.0 Å². The Bertz CT molecular complexity index is 1140. The molecule has 3 rings (SSSR count). The summed E-state index contributed by atoms with van der Waals surface area (Å²) in [7, 11) is 1.62. The average Bonchev–Trinajstić information content (AvgIpc) is 2.83. The standard InChI is InChI=1S/C16H17ClN2O3.C8H9ClN2O2/c1-3-22-16(20)13-10-19-15(17)8-14(13)18-9-11-4-6-12(21-2)7-5-11;1-2-13-8(12)5-4-11-7(9)3-6(5)10/h4-8,10H,3,9H2,1-2H3,(H,18,19);3-4H,2H2,1H3,(H2,10,11). The van der Waals surface area contributed by atoms with E-state index < -0.39 is 11.9 Å². The van der Waals surface area contributed by atoms with Gasteiger partial charge >= 0.3 is 11.9 Å². The summed E-state index contributed by atoms with van der Waals surface area (Å²) in [4.78, 5) is 30.8. The van der Waals surface area contributed by atoms with Crippen LogP contribution < -0.4 is 15.8 Å². The maximum atomic E-state index is 11.9. The molecule has 0 fully saturated rings. The molecule has 0 amide bonds. The molecular formula is C24H26Cl2N4O5. The molecule has 11 heteroatoms. The van der Waals surface area contributed by atoms with E-state index >= 15 is 0 Å². The molecule has 0 unspecified atom stereocenters. The van der Waals surface area contributed by atoms with Crippen LogP contribution in [0.4, 0.5) is 11.4 Å². The van der Waals surface area contributed by atoms with Gasteiger partial charge in [0.1, 0.15) is 27.2 Å². The highest BCUT2D eigenvalue weighted by molar-refractivity contribution is 6.30. The Hall–Kier alpha value is -3.56. The number of nitrogen functional groups attached to an aromatic ring is 1. The van der Waals surface area contributed by atoms with Crippen molar-refractivity contribution in [2.24, 2.45) is 0 Å². The summed E-state index contributed by atoms with van der Waals surface area (Å²) in [5.41, 5.74) is 8.04. The van der Waals surface area contributed by atoms with Gasteiger partial charge < -0.3 is 25.3 Å². The van der Waals surface area contributed by atoms with Crippen LogP contribution in [0.1, 0.15) is 40.1 Å². The number of esters is 2. The van der Waals surface area contributed by atoms with Crippen molar-refractivity contribution < 1.29 is 23.8 Å². The number of carbonyl (C=O) groups excluding carboxylic acids is 2. The zero-order chi connectivity index (χ0) is 25.8. The van der Waals surface area contributed by atoms with E-state index in [0.29, 0.717) is 36.2 Å². The SMILES string of the molecule is CCOC(=O)c1cnc(Cl)cc1N.CCOC(=O)c1cnc(Cl)cc1NCc1ccc(OC)cc1. The van der Waals surface area contributed by atoms with Crippen molar-refractivity contribution >= 4 is 46.5 Å². The second-order valence-electron chi connectivity index (χ2n) is 6.79. The van der Waals surface area contributed by atoms with Crippen LogP contribution in [0, 0.1) is 0 Å². The Labute approximate surface area is 213 Å². The van der Waals surface area contributed by atoms with Crippen LogP contribution in [0.15, 0.2) is 48.8 Å². The maximum Gasteiger partial charge on any atom is 0.341 e. The van der Waals surface area contributed by atoms with Gasteiger partial charge in [0, 0.05) is 18.9 Å². The third kappa shape index (κ3) is 8.62. The number of ether oxygens (including phenoxy) is 3. The lowest BCUT2D eigenvalue weighted by Gasteiger charge is -2.11. The molecule has 0 aliphatic carbocycles. The molecule has 35 heavy (non-hydrogen) atoms. The first kappa shape index (κ1) is 27.7. The molecule has 2 heterocycles. The highest BCUT2D eigenvalue weighted by atomic mass is 35.5. The van der Waals surface area contributed by atoms with Gasteiger partial charge in [0.25, 0.3) is 0 Å². The summed E-state index contributed by atoms with van der Waals surface area (Å²) in [6.45, 7) is 4.63. The van der Waals surface area contributed by atoms with E-state index in [1.54, 1.807) is 27.0 Å². The summed E-state index contributed by atoms with van der Waals surface area (Å²) in [6, 6.07) is 10.7. The zero-order valence-corrected chi connectivity index (χ0v) is 21.0. The van der Waals surface area contributed by atoms with Gasteiger partial charge in [-0.1, -0.05) is 35.3 Å². The van der Waals surface area contributed by atoms with Gasteiger partial charge in [-0.05, 0) is 43.7 Å². The fourth-order valence-electron chi connectivity index (χ4n) is 2.71. The van der Waals surface area contributed by atoms with Gasteiger partial charge in [-0.25, -0.2) is 19.6 Å². The highest BCUT2D eigenvalue weighted by Gasteiger charge is 2.14. The topological polar surface area (TPSA) is 126 Å². The van der Waals surface area contributed by atoms with Crippen molar-refractivity contribution in [1.82, 2.24) is 9.97 Å². The fraction of sp³-hybridized carbons (Fsp3) is 0.250. The Morgan fingerprint density at radius 1 is 0.914 bits per heavy atom. The molecule has 3 aromatic rings. The number of benzene rings is 1. The van der Waals surface area contributed by atoms with Crippen molar-refractivity contribution in [3.8, 4) is 5.75 Å². The minimum absolute atomic E-state index is 0.242. The van der Waals surface area contributed by atoms with Gasteiger partial charge in [-0.15, -0.1) is 0 Å². The van der Waals surface area contributed by atoms with E-state index in [-0.39, 0.29) is 16.4 Å². The van der Waals surface area contributed by atoms with Crippen molar-refractivity contribution in [2.45, 2.75) is 20.4 Å². The lowest BCUT2D eigenvalue weighted by atomic mass is 10.2. The number of aromatic nitrogens is 2. The van der Waals surface area contributed by atoms with Crippen LogP contribution in [0.2, 0.25) is 10.3 Å². The predicted octanol–water partition coefficient (Wildman–Crippen LogP) is 5.03. The Morgan fingerprint density at radius 3 is 2.00 bits per heavy atom. The molecule has 0 spiro atoms. The highest BCUT2D eigenvalue weighted by Crippen LogP contribution is 2.21. The third-order valence-electron chi connectivity index (χ3n) is 4.41. The van der Waals surface area contributed by atoms with Gasteiger partial charge in [-0.3, -0.25) is 0 Å². The number of nitrogens with one attached hydrogen (secondary N) is 1. The molecule has 186 valence electrons. The molecule has 2 aromatic heterocycles. The lowest BCUT2D eigenvalue weighted by Crippen LogP contribution is -2.10. The summed E-state index contributed by atoms with van der Waals surface area (Å²) < 4.78 is 14.9. The maximum absolute atomic E-state index is 11.9. The minimum atomic E-state index is -0.482. The quantitative estimate of drug-likeness (QED) is 0.310. The van der Waals surface area contributed by atoms with E-state index in [9.17, 15) is 9.59 Å². The van der Waals surface area contributed by atoms with E-state index in [4.69, 9.17) is 43.1 Å². The van der Waals surface area contributed by atoms with E-state index in [0.717, 1.165) is 11.3 Å². The molecule has 0 aliphatic heterocycles. The summed E-state index contributed by atoms with van der Waals surface area (Å²) >= 11 is 11.5. The molecule has 3 N–H and O–H groups in total. The number of nitrogens with two attached hydrogens (primary N) is 1. The first-order valence-corrected chi connectivity index (χ1v) is 11.3. The smallest absolute Gasteiger partial charge is 0.341 e.